The van der Waals surface area contributed by atoms with Crippen LogP contribution in [0.1, 0.15) is 81.3 Å². The van der Waals surface area contributed by atoms with Crippen molar-refractivity contribution in [3.63, 3.8) is 0 Å². The maximum absolute atomic E-state index is 13.2. The Morgan fingerprint density at radius 3 is 2.30 bits per heavy atom. The van der Waals surface area contributed by atoms with Gasteiger partial charge in [-0.25, -0.2) is 9.48 Å². The number of hydrogen-bond donors (Lipinski definition) is 1. The molecule has 1 N–H and O–H groups in total. The average molecular weight is 473 g/mol. The molecular formula is C25H33ClN4O3. The van der Waals surface area contributed by atoms with Gasteiger partial charge in [0.25, 0.3) is 5.91 Å². The average Bonchev–Trinajstić information content (AvgIpc) is 3.43. The van der Waals surface area contributed by atoms with Gasteiger partial charge in [0.05, 0.1) is 23.1 Å². The summed E-state index contributed by atoms with van der Waals surface area (Å²) in [7, 11) is 0. The third-order valence-corrected chi connectivity index (χ3v) is 6.60. The molecule has 0 radical (unpaired) electrons. The monoisotopic (exact) mass is 472 g/mol. The van der Waals surface area contributed by atoms with Crippen molar-refractivity contribution in [2.45, 2.75) is 76.9 Å². The third kappa shape index (κ3) is 5.69. The number of carbonyl (C=O) groups excluding carboxylic acids is 2. The fourth-order valence-corrected chi connectivity index (χ4v) is 4.84. The molecule has 178 valence electrons. The van der Waals surface area contributed by atoms with Gasteiger partial charge in [-0.1, -0.05) is 24.4 Å². The smallest absolute Gasteiger partial charge is 0.410 e. The lowest BCUT2D eigenvalue weighted by Crippen LogP contribution is -2.42. The zero-order valence-corrected chi connectivity index (χ0v) is 20.4. The van der Waals surface area contributed by atoms with Gasteiger partial charge in [0, 0.05) is 30.1 Å². The molecule has 2 aliphatic rings. The van der Waals surface area contributed by atoms with Crippen molar-refractivity contribution < 1.29 is 14.3 Å². The minimum Gasteiger partial charge on any atom is -0.444 e. The van der Waals surface area contributed by atoms with E-state index in [1.165, 1.54) is 0 Å². The summed E-state index contributed by atoms with van der Waals surface area (Å²) in [6.07, 6.45) is 7.24. The fourth-order valence-electron chi connectivity index (χ4n) is 4.71. The number of aromatic nitrogens is 2. The Labute approximate surface area is 200 Å². The normalized spacial score (nSPS) is 17.9. The van der Waals surface area contributed by atoms with E-state index in [-0.39, 0.29) is 24.0 Å². The van der Waals surface area contributed by atoms with E-state index in [2.05, 4.69) is 10.4 Å². The van der Waals surface area contributed by atoms with Gasteiger partial charge in [-0.15, -0.1) is 0 Å². The molecule has 0 spiro atoms. The SMILES string of the molecule is CC(C)(C)OC(=O)N1CCC(c2c(C(=O)NC3CCCC3)cnn2-c2ccc(Cl)cc2)CC1. The van der Waals surface area contributed by atoms with E-state index >= 15 is 0 Å². The molecule has 1 saturated heterocycles. The lowest BCUT2D eigenvalue weighted by molar-refractivity contribution is 0.0203. The molecule has 1 aliphatic heterocycles. The van der Waals surface area contributed by atoms with E-state index in [1.54, 1.807) is 11.1 Å². The Balaban J connectivity index is 1.57. The number of amides is 2. The van der Waals surface area contributed by atoms with Crippen molar-refractivity contribution in [1.29, 1.82) is 0 Å². The second-order valence-electron chi connectivity index (χ2n) is 10.0. The van der Waals surface area contributed by atoms with Crippen LogP contribution in [0.15, 0.2) is 30.5 Å². The van der Waals surface area contributed by atoms with E-state index in [1.807, 2.05) is 49.7 Å². The summed E-state index contributed by atoms with van der Waals surface area (Å²) >= 11 is 6.09. The minimum absolute atomic E-state index is 0.0633. The molecule has 1 aromatic heterocycles. The van der Waals surface area contributed by atoms with Gasteiger partial charge in [-0.2, -0.15) is 5.10 Å². The first kappa shape index (κ1) is 23.6. The summed E-state index contributed by atoms with van der Waals surface area (Å²) in [6.45, 7) is 6.77. The summed E-state index contributed by atoms with van der Waals surface area (Å²) in [5.41, 5.74) is 1.86. The lowest BCUT2D eigenvalue weighted by atomic mass is 9.90. The largest absolute Gasteiger partial charge is 0.444 e. The van der Waals surface area contributed by atoms with Crippen LogP contribution >= 0.6 is 11.6 Å². The number of hydrogen-bond acceptors (Lipinski definition) is 4. The summed E-state index contributed by atoms with van der Waals surface area (Å²) in [4.78, 5) is 27.5. The summed E-state index contributed by atoms with van der Waals surface area (Å²) in [6, 6.07) is 7.70. The molecule has 1 aromatic carbocycles. The van der Waals surface area contributed by atoms with Crippen LogP contribution in [0.2, 0.25) is 5.02 Å². The molecule has 33 heavy (non-hydrogen) atoms. The predicted octanol–water partition coefficient (Wildman–Crippen LogP) is 5.31. The number of nitrogens with zero attached hydrogens (tertiary/aromatic N) is 3. The highest BCUT2D eigenvalue weighted by atomic mass is 35.5. The Bertz CT molecular complexity index is 982. The van der Waals surface area contributed by atoms with Crippen molar-refractivity contribution in [2.75, 3.05) is 13.1 Å². The molecule has 2 heterocycles. The van der Waals surface area contributed by atoms with Crippen LogP contribution in [0, 0.1) is 0 Å². The van der Waals surface area contributed by atoms with Crippen LogP contribution < -0.4 is 5.32 Å². The van der Waals surface area contributed by atoms with Gasteiger partial charge in [0.2, 0.25) is 0 Å². The number of nitrogens with one attached hydrogen (secondary N) is 1. The van der Waals surface area contributed by atoms with Crippen LogP contribution in [-0.2, 0) is 4.74 Å². The Morgan fingerprint density at radius 2 is 1.70 bits per heavy atom. The maximum Gasteiger partial charge on any atom is 0.410 e. The predicted molar refractivity (Wildman–Crippen MR) is 128 cm³/mol. The number of ether oxygens (including phenoxy) is 1. The van der Waals surface area contributed by atoms with Crippen molar-refractivity contribution in [1.82, 2.24) is 20.0 Å². The van der Waals surface area contributed by atoms with Crippen molar-refractivity contribution in [3.8, 4) is 5.69 Å². The fraction of sp³-hybridized carbons (Fsp3) is 0.560. The molecule has 2 amide bonds. The van der Waals surface area contributed by atoms with Crippen molar-refractivity contribution in [3.05, 3.63) is 46.7 Å². The van der Waals surface area contributed by atoms with Crippen molar-refractivity contribution >= 4 is 23.6 Å². The van der Waals surface area contributed by atoms with E-state index in [4.69, 9.17) is 16.3 Å². The number of rotatable bonds is 4. The van der Waals surface area contributed by atoms with E-state index < -0.39 is 5.60 Å². The molecule has 0 bridgehead atoms. The number of carbonyl (C=O) groups is 2. The first-order valence-electron chi connectivity index (χ1n) is 11.8. The summed E-state index contributed by atoms with van der Waals surface area (Å²) in [5.74, 6) is 0.0397. The highest BCUT2D eigenvalue weighted by molar-refractivity contribution is 6.30. The van der Waals surface area contributed by atoms with Crippen LogP contribution in [0.25, 0.3) is 5.69 Å². The van der Waals surface area contributed by atoms with Crippen LogP contribution in [0.5, 0.6) is 0 Å². The van der Waals surface area contributed by atoms with Gasteiger partial charge in [-0.05, 0) is 70.7 Å². The van der Waals surface area contributed by atoms with Crippen LogP contribution in [-0.4, -0.2) is 51.4 Å². The summed E-state index contributed by atoms with van der Waals surface area (Å²) in [5, 5.41) is 8.45. The van der Waals surface area contributed by atoms with E-state index in [0.29, 0.717) is 23.7 Å². The van der Waals surface area contributed by atoms with Gasteiger partial charge in [-0.3, -0.25) is 4.79 Å². The van der Waals surface area contributed by atoms with Crippen molar-refractivity contribution in [2.24, 2.45) is 0 Å². The zero-order chi connectivity index (χ0) is 23.6. The zero-order valence-electron chi connectivity index (χ0n) is 19.6. The van der Waals surface area contributed by atoms with Gasteiger partial charge >= 0.3 is 6.09 Å². The molecule has 1 aliphatic carbocycles. The van der Waals surface area contributed by atoms with Crippen LogP contribution in [0.4, 0.5) is 4.79 Å². The minimum atomic E-state index is -0.521. The Kier molecular flexibility index (Phi) is 6.98. The second-order valence-corrected chi connectivity index (χ2v) is 10.5. The first-order chi connectivity index (χ1) is 15.7. The first-order valence-corrected chi connectivity index (χ1v) is 12.2. The van der Waals surface area contributed by atoms with E-state index in [0.717, 1.165) is 49.9 Å². The van der Waals surface area contributed by atoms with Gasteiger partial charge in [0.1, 0.15) is 5.60 Å². The number of benzene rings is 1. The molecule has 0 atom stereocenters. The Hall–Kier alpha value is -2.54. The second kappa shape index (κ2) is 9.75. The van der Waals surface area contributed by atoms with E-state index in [9.17, 15) is 9.59 Å². The Morgan fingerprint density at radius 1 is 1.06 bits per heavy atom. The van der Waals surface area contributed by atoms with Crippen LogP contribution in [0.3, 0.4) is 0 Å². The molecule has 4 rings (SSSR count). The molecule has 2 fully saturated rings. The lowest BCUT2D eigenvalue weighted by Gasteiger charge is -2.34. The quantitative estimate of drug-likeness (QED) is 0.653. The topological polar surface area (TPSA) is 76.5 Å². The van der Waals surface area contributed by atoms with Gasteiger partial charge in [0.15, 0.2) is 0 Å². The molecule has 8 heteroatoms. The number of halogens is 1. The third-order valence-electron chi connectivity index (χ3n) is 6.35. The molecular weight excluding hydrogens is 440 g/mol. The van der Waals surface area contributed by atoms with Gasteiger partial charge < -0.3 is 15.0 Å². The highest BCUT2D eigenvalue weighted by Gasteiger charge is 2.32. The number of likely N-dealkylation sites (tertiary alicyclic amines) is 1. The molecule has 2 aromatic rings. The molecule has 1 saturated carbocycles. The maximum atomic E-state index is 13.2. The summed E-state index contributed by atoms with van der Waals surface area (Å²) < 4.78 is 7.39. The highest BCUT2D eigenvalue weighted by Crippen LogP contribution is 2.33. The number of piperidine rings is 1. The molecule has 0 unspecified atom stereocenters. The standard InChI is InChI=1S/C25H33ClN4O3/c1-25(2,3)33-24(32)29-14-12-17(13-15-29)22-21(23(31)28-19-6-4-5-7-19)16-27-30(22)20-10-8-18(26)9-11-20/h8-11,16-17,19H,4-7,12-15H2,1-3H3,(H,28,31). The molecule has 7 nitrogen and oxygen atoms in total.